The number of anilines is 1. The van der Waals surface area contributed by atoms with E-state index in [1.807, 2.05) is 50.2 Å². The Morgan fingerprint density at radius 3 is 2.74 bits per heavy atom. The monoisotopic (exact) mass is 257 g/mol. The molecule has 2 rings (SSSR count). The maximum absolute atomic E-state index is 9.81. The molecule has 0 saturated carbocycles. The highest BCUT2D eigenvalue weighted by Crippen LogP contribution is 2.26. The van der Waals surface area contributed by atoms with E-state index in [0.717, 1.165) is 22.6 Å². The molecule has 0 aliphatic carbocycles. The van der Waals surface area contributed by atoms with Crippen molar-refractivity contribution < 1.29 is 9.84 Å². The number of hydrogen-bond acceptors (Lipinski definition) is 3. The van der Waals surface area contributed by atoms with Crippen molar-refractivity contribution in [2.75, 3.05) is 11.9 Å². The molecule has 0 radical (unpaired) electrons. The number of benzene rings is 2. The SMILES string of the molecule is CCOc1ccccc1NCc1cc(C)ccc1O. The van der Waals surface area contributed by atoms with Crippen LogP contribution in [0, 0.1) is 6.92 Å². The van der Waals surface area contributed by atoms with Crippen molar-refractivity contribution in [3.05, 3.63) is 53.6 Å². The predicted molar refractivity (Wildman–Crippen MR) is 77.8 cm³/mol. The number of rotatable bonds is 5. The van der Waals surface area contributed by atoms with Gasteiger partial charge in [0.05, 0.1) is 12.3 Å². The molecule has 19 heavy (non-hydrogen) atoms. The largest absolute Gasteiger partial charge is 0.508 e. The number of nitrogens with one attached hydrogen (secondary N) is 1. The molecule has 0 fully saturated rings. The van der Waals surface area contributed by atoms with Crippen LogP contribution in [0.25, 0.3) is 0 Å². The van der Waals surface area contributed by atoms with Crippen molar-refractivity contribution in [1.82, 2.24) is 0 Å². The maximum Gasteiger partial charge on any atom is 0.142 e. The van der Waals surface area contributed by atoms with E-state index >= 15 is 0 Å². The summed E-state index contributed by atoms with van der Waals surface area (Å²) in [5.41, 5.74) is 2.95. The highest BCUT2D eigenvalue weighted by atomic mass is 16.5. The summed E-state index contributed by atoms with van der Waals surface area (Å²) in [6, 6.07) is 13.4. The van der Waals surface area contributed by atoms with Gasteiger partial charge in [-0.05, 0) is 32.0 Å². The van der Waals surface area contributed by atoms with Gasteiger partial charge in [0.25, 0.3) is 0 Å². The van der Waals surface area contributed by atoms with Gasteiger partial charge in [-0.1, -0.05) is 29.8 Å². The lowest BCUT2D eigenvalue weighted by atomic mass is 10.1. The number of ether oxygens (including phenoxy) is 1. The number of phenolic OH excluding ortho intramolecular Hbond substituents is 1. The maximum atomic E-state index is 9.81. The van der Waals surface area contributed by atoms with Crippen LogP contribution in [-0.4, -0.2) is 11.7 Å². The average molecular weight is 257 g/mol. The fourth-order valence-corrected chi connectivity index (χ4v) is 1.94. The Morgan fingerprint density at radius 1 is 1.16 bits per heavy atom. The zero-order chi connectivity index (χ0) is 13.7. The highest BCUT2D eigenvalue weighted by molar-refractivity contribution is 5.56. The van der Waals surface area contributed by atoms with Crippen LogP contribution >= 0.6 is 0 Å². The standard InChI is InChI=1S/C16H19NO2/c1-3-19-16-7-5-4-6-14(16)17-11-13-10-12(2)8-9-15(13)18/h4-10,17-18H,3,11H2,1-2H3. The molecule has 2 N–H and O–H groups in total. The first-order valence-corrected chi connectivity index (χ1v) is 6.45. The Morgan fingerprint density at radius 2 is 1.95 bits per heavy atom. The van der Waals surface area contributed by atoms with E-state index in [-0.39, 0.29) is 0 Å². The number of phenols is 1. The van der Waals surface area contributed by atoms with Crippen LogP contribution in [0.15, 0.2) is 42.5 Å². The predicted octanol–water partition coefficient (Wildman–Crippen LogP) is 3.71. The van der Waals surface area contributed by atoms with Gasteiger partial charge in [-0.25, -0.2) is 0 Å². The van der Waals surface area contributed by atoms with E-state index in [0.29, 0.717) is 18.9 Å². The van der Waals surface area contributed by atoms with Gasteiger partial charge >= 0.3 is 0 Å². The van der Waals surface area contributed by atoms with Crippen molar-refractivity contribution in [1.29, 1.82) is 0 Å². The summed E-state index contributed by atoms with van der Waals surface area (Å²) in [5.74, 6) is 1.14. The fourth-order valence-electron chi connectivity index (χ4n) is 1.94. The van der Waals surface area contributed by atoms with Crippen LogP contribution in [0.5, 0.6) is 11.5 Å². The first-order valence-electron chi connectivity index (χ1n) is 6.45. The van der Waals surface area contributed by atoms with Crippen LogP contribution in [-0.2, 0) is 6.54 Å². The van der Waals surface area contributed by atoms with E-state index in [9.17, 15) is 5.11 Å². The molecule has 0 saturated heterocycles. The summed E-state index contributed by atoms with van der Waals surface area (Å²) >= 11 is 0. The highest BCUT2D eigenvalue weighted by Gasteiger charge is 2.04. The van der Waals surface area contributed by atoms with Gasteiger partial charge in [-0.2, -0.15) is 0 Å². The summed E-state index contributed by atoms with van der Waals surface area (Å²) in [7, 11) is 0. The Kier molecular flexibility index (Phi) is 4.29. The van der Waals surface area contributed by atoms with Gasteiger partial charge in [0.2, 0.25) is 0 Å². The molecule has 100 valence electrons. The van der Waals surface area contributed by atoms with Crippen LogP contribution in [0.2, 0.25) is 0 Å². The molecule has 2 aromatic carbocycles. The van der Waals surface area contributed by atoms with Crippen LogP contribution < -0.4 is 10.1 Å². The van der Waals surface area contributed by atoms with Crippen molar-refractivity contribution in [3.63, 3.8) is 0 Å². The normalized spacial score (nSPS) is 10.2. The Labute approximate surface area is 113 Å². The lowest BCUT2D eigenvalue weighted by Crippen LogP contribution is -2.03. The minimum Gasteiger partial charge on any atom is -0.508 e. The molecule has 0 aromatic heterocycles. The molecule has 0 aliphatic heterocycles. The lowest BCUT2D eigenvalue weighted by Gasteiger charge is -2.13. The third kappa shape index (κ3) is 3.41. The van der Waals surface area contributed by atoms with E-state index < -0.39 is 0 Å². The smallest absolute Gasteiger partial charge is 0.142 e. The van der Waals surface area contributed by atoms with Crippen molar-refractivity contribution >= 4 is 5.69 Å². The number of para-hydroxylation sites is 2. The second-order valence-corrected chi connectivity index (χ2v) is 4.41. The summed E-state index contributed by atoms with van der Waals surface area (Å²) < 4.78 is 5.55. The summed E-state index contributed by atoms with van der Waals surface area (Å²) in [6.45, 7) is 5.17. The van der Waals surface area contributed by atoms with Crippen molar-refractivity contribution in [3.8, 4) is 11.5 Å². The Bertz CT molecular complexity index is 552. The van der Waals surface area contributed by atoms with Crippen molar-refractivity contribution in [2.45, 2.75) is 20.4 Å². The first kappa shape index (κ1) is 13.3. The molecular weight excluding hydrogens is 238 g/mol. The molecule has 0 heterocycles. The minimum absolute atomic E-state index is 0.312. The molecular formula is C16H19NO2. The second-order valence-electron chi connectivity index (χ2n) is 4.41. The Hall–Kier alpha value is -2.16. The van der Waals surface area contributed by atoms with Gasteiger partial charge in [0.1, 0.15) is 11.5 Å². The molecule has 3 nitrogen and oxygen atoms in total. The summed E-state index contributed by atoms with van der Waals surface area (Å²) in [6.07, 6.45) is 0. The van der Waals surface area contributed by atoms with E-state index in [1.165, 1.54) is 0 Å². The molecule has 0 atom stereocenters. The third-order valence-corrected chi connectivity index (χ3v) is 2.89. The average Bonchev–Trinajstić information content (AvgIpc) is 2.42. The van der Waals surface area contributed by atoms with Crippen molar-refractivity contribution in [2.24, 2.45) is 0 Å². The quantitative estimate of drug-likeness (QED) is 0.858. The minimum atomic E-state index is 0.312. The zero-order valence-corrected chi connectivity index (χ0v) is 11.3. The molecule has 0 amide bonds. The summed E-state index contributed by atoms with van der Waals surface area (Å²) in [5, 5.41) is 13.1. The van der Waals surface area contributed by atoms with Gasteiger partial charge in [-0.15, -0.1) is 0 Å². The first-order chi connectivity index (χ1) is 9.20. The number of aryl methyl sites for hydroxylation is 1. The molecule has 0 aliphatic rings. The second kappa shape index (κ2) is 6.14. The number of hydrogen-bond donors (Lipinski definition) is 2. The van der Waals surface area contributed by atoms with Gasteiger partial charge in [0.15, 0.2) is 0 Å². The lowest BCUT2D eigenvalue weighted by molar-refractivity contribution is 0.341. The van der Waals surface area contributed by atoms with Gasteiger partial charge < -0.3 is 15.2 Å². The molecule has 0 unspecified atom stereocenters. The third-order valence-electron chi connectivity index (χ3n) is 2.89. The van der Waals surface area contributed by atoms with Gasteiger partial charge in [-0.3, -0.25) is 0 Å². The number of aromatic hydroxyl groups is 1. The van der Waals surface area contributed by atoms with E-state index in [1.54, 1.807) is 6.07 Å². The van der Waals surface area contributed by atoms with Crippen LogP contribution in [0.4, 0.5) is 5.69 Å². The van der Waals surface area contributed by atoms with Gasteiger partial charge in [0, 0.05) is 12.1 Å². The van der Waals surface area contributed by atoms with Crippen LogP contribution in [0.1, 0.15) is 18.1 Å². The van der Waals surface area contributed by atoms with E-state index in [4.69, 9.17) is 4.74 Å². The molecule has 2 aromatic rings. The molecule has 0 spiro atoms. The zero-order valence-electron chi connectivity index (χ0n) is 11.3. The Balaban J connectivity index is 2.12. The summed E-state index contributed by atoms with van der Waals surface area (Å²) in [4.78, 5) is 0. The fraction of sp³-hybridized carbons (Fsp3) is 0.250. The molecule has 3 heteroatoms. The van der Waals surface area contributed by atoms with Crippen LogP contribution in [0.3, 0.4) is 0 Å². The molecule has 0 bridgehead atoms. The topological polar surface area (TPSA) is 41.5 Å². The van der Waals surface area contributed by atoms with E-state index in [2.05, 4.69) is 5.32 Å².